The Labute approximate surface area is 96.5 Å². The summed E-state index contributed by atoms with van der Waals surface area (Å²) >= 11 is 1.10. The smallest absolute Gasteiger partial charge is 0.272 e. The number of nitrogens with one attached hydrogen (secondary N) is 1. The van der Waals surface area contributed by atoms with Gasteiger partial charge in [-0.1, -0.05) is 22.2 Å². The normalized spacial score (nSPS) is 10.1. The van der Waals surface area contributed by atoms with Crippen molar-refractivity contribution >= 4 is 28.1 Å². The molecule has 0 aliphatic heterocycles. The molecule has 0 unspecified atom stereocenters. The fourth-order valence-electron chi connectivity index (χ4n) is 1.20. The number of anilines is 2. The van der Waals surface area contributed by atoms with Crippen molar-refractivity contribution in [2.45, 2.75) is 6.92 Å². The minimum atomic E-state index is -0.580. The lowest BCUT2D eigenvalue weighted by atomic mass is 10.2. The summed E-state index contributed by atoms with van der Waals surface area (Å²) in [5.74, 6) is -0.580. The third-order valence-electron chi connectivity index (χ3n) is 2.03. The van der Waals surface area contributed by atoms with E-state index >= 15 is 0 Å². The molecule has 1 amide bonds. The SMILES string of the molecule is Cc1ccc(Nc2snnc2C(N)=O)cc1. The van der Waals surface area contributed by atoms with Gasteiger partial charge < -0.3 is 11.1 Å². The van der Waals surface area contributed by atoms with E-state index in [0.29, 0.717) is 5.00 Å². The molecule has 0 aliphatic carbocycles. The zero-order valence-corrected chi connectivity index (χ0v) is 9.41. The van der Waals surface area contributed by atoms with Crippen molar-refractivity contribution in [2.24, 2.45) is 5.73 Å². The Balaban J connectivity index is 2.23. The fraction of sp³-hybridized carbons (Fsp3) is 0.100. The number of rotatable bonds is 3. The highest BCUT2D eigenvalue weighted by molar-refractivity contribution is 7.10. The molecule has 82 valence electrons. The molecule has 16 heavy (non-hydrogen) atoms. The van der Waals surface area contributed by atoms with Crippen molar-refractivity contribution in [3.63, 3.8) is 0 Å². The van der Waals surface area contributed by atoms with E-state index in [1.807, 2.05) is 31.2 Å². The predicted molar refractivity (Wildman–Crippen MR) is 62.9 cm³/mol. The predicted octanol–water partition coefficient (Wildman–Crippen LogP) is 1.69. The molecule has 0 radical (unpaired) electrons. The number of nitrogens with zero attached hydrogens (tertiary/aromatic N) is 2. The number of benzene rings is 1. The summed E-state index contributed by atoms with van der Waals surface area (Å²) in [6.45, 7) is 2.01. The first-order chi connectivity index (χ1) is 7.66. The van der Waals surface area contributed by atoms with Crippen LogP contribution in [0, 0.1) is 6.92 Å². The zero-order chi connectivity index (χ0) is 11.5. The van der Waals surface area contributed by atoms with Crippen LogP contribution in [0.15, 0.2) is 24.3 Å². The average molecular weight is 234 g/mol. The molecule has 0 bridgehead atoms. The number of carbonyl (C=O) groups is 1. The summed E-state index contributed by atoms with van der Waals surface area (Å²) in [7, 11) is 0. The lowest BCUT2D eigenvalue weighted by Gasteiger charge is -2.03. The van der Waals surface area contributed by atoms with E-state index < -0.39 is 5.91 Å². The summed E-state index contributed by atoms with van der Waals surface area (Å²) < 4.78 is 3.69. The monoisotopic (exact) mass is 234 g/mol. The minimum Gasteiger partial charge on any atom is -0.364 e. The van der Waals surface area contributed by atoms with Crippen LogP contribution in [0.1, 0.15) is 16.1 Å². The number of aromatic nitrogens is 2. The molecule has 0 atom stereocenters. The fourth-order valence-corrected chi connectivity index (χ4v) is 1.80. The molecule has 5 nitrogen and oxygen atoms in total. The molecule has 0 saturated heterocycles. The standard InChI is InChI=1S/C10H10N4OS/c1-6-2-4-7(5-3-6)12-10-8(9(11)15)13-14-16-10/h2-5,12H,1H3,(H2,11,15). The molecular weight excluding hydrogens is 224 g/mol. The molecule has 2 aromatic rings. The van der Waals surface area contributed by atoms with Crippen molar-refractivity contribution in [3.05, 3.63) is 35.5 Å². The topological polar surface area (TPSA) is 80.9 Å². The molecule has 1 aromatic heterocycles. The quantitative estimate of drug-likeness (QED) is 0.846. The number of amides is 1. The van der Waals surface area contributed by atoms with E-state index in [2.05, 4.69) is 14.9 Å². The number of hydrogen-bond donors (Lipinski definition) is 2. The second-order valence-electron chi connectivity index (χ2n) is 3.31. The largest absolute Gasteiger partial charge is 0.364 e. The molecule has 1 heterocycles. The molecule has 1 aromatic carbocycles. The zero-order valence-electron chi connectivity index (χ0n) is 8.60. The number of carbonyl (C=O) groups excluding carboxylic acids is 1. The Morgan fingerprint density at radius 1 is 1.38 bits per heavy atom. The highest BCUT2D eigenvalue weighted by atomic mass is 32.1. The van der Waals surface area contributed by atoms with Crippen LogP contribution >= 0.6 is 11.5 Å². The Bertz CT molecular complexity index is 506. The first kappa shape index (κ1) is 10.6. The van der Waals surface area contributed by atoms with Gasteiger partial charge in [-0.3, -0.25) is 4.79 Å². The van der Waals surface area contributed by atoms with Gasteiger partial charge in [-0.15, -0.1) is 5.10 Å². The van der Waals surface area contributed by atoms with Crippen LogP contribution in [0.5, 0.6) is 0 Å². The molecule has 6 heteroatoms. The summed E-state index contributed by atoms with van der Waals surface area (Å²) in [6.07, 6.45) is 0. The Morgan fingerprint density at radius 2 is 2.06 bits per heavy atom. The highest BCUT2D eigenvalue weighted by Gasteiger charge is 2.12. The van der Waals surface area contributed by atoms with E-state index in [0.717, 1.165) is 17.2 Å². The molecule has 0 aliphatic rings. The summed E-state index contributed by atoms with van der Waals surface area (Å²) in [5.41, 5.74) is 7.38. The van der Waals surface area contributed by atoms with Gasteiger partial charge in [0.2, 0.25) is 0 Å². The summed E-state index contributed by atoms with van der Waals surface area (Å²) in [5, 5.41) is 7.28. The van der Waals surface area contributed by atoms with E-state index in [-0.39, 0.29) is 5.69 Å². The van der Waals surface area contributed by atoms with E-state index in [9.17, 15) is 4.79 Å². The van der Waals surface area contributed by atoms with E-state index in [1.54, 1.807) is 0 Å². The number of hydrogen-bond acceptors (Lipinski definition) is 5. The van der Waals surface area contributed by atoms with Gasteiger partial charge in [0.15, 0.2) is 5.69 Å². The summed E-state index contributed by atoms with van der Waals surface area (Å²) in [4.78, 5) is 11.0. The Hall–Kier alpha value is -1.95. The first-order valence-electron chi connectivity index (χ1n) is 4.62. The average Bonchev–Trinajstić information content (AvgIpc) is 2.69. The number of nitrogens with two attached hydrogens (primary N) is 1. The van der Waals surface area contributed by atoms with Crippen LogP contribution in [0.25, 0.3) is 0 Å². The van der Waals surface area contributed by atoms with E-state index in [4.69, 9.17) is 5.73 Å². The van der Waals surface area contributed by atoms with Crippen LogP contribution in [0.2, 0.25) is 0 Å². The maximum absolute atomic E-state index is 11.0. The maximum Gasteiger partial charge on any atom is 0.272 e. The lowest BCUT2D eigenvalue weighted by molar-refractivity contribution is 0.0996. The second-order valence-corrected chi connectivity index (χ2v) is 4.06. The van der Waals surface area contributed by atoms with Gasteiger partial charge in [-0.25, -0.2) is 0 Å². The van der Waals surface area contributed by atoms with Gasteiger partial charge in [0.05, 0.1) is 0 Å². The van der Waals surface area contributed by atoms with Crippen molar-refractivity contribution in [1.29, 1.82) is 0 Å². The van der Waals surface area contributed by atoms with Gasteiger partial charge >= 0.3 is 0 Å². The van der Waals surface area contributed by atoms with Gasteiger partial charge in [-0.05, 0) is 19.1 Å². The third-order valence-corrected chi connectivity index (χ3v) is 2.67. The van der Waals surface area contributed by atoms with Crippen LogP contribution in [0.4, 0.5) is 10.7 Å². The number of aryl methyl sites for hydroxylation is 1. The molecule has 0 saturated carbocycles. The van der Waals surface area contributed by atoms with Gasteiger partial charge in [0.25, 0.3) is 5.91 Å². The molecule has 2 rings (SSSR count). The Kier molecular flexibility index (Phi) is 2.82. The first-order valence-corrected chi connectivity index (χ1v) is 5.40. The van der Waals surface area contributed by atoms with Crippen molar-refractivity contribution in [1.82, 2.24) is 9.59 Å². The van der Waals surface area contributed by atoms with E-state index in [1.165, 1.54) is 5.56 Å². The van der Waals surface area contributed by atoms with Gasteiger partial charge in [-0.2, -0.15) is 0 Å². The van der Waals surface area contributed by atoms with Crippen LogP contribution in [-0.4, -0.2) is 15.5 Å². The van der Waals surface area contributed by atoms with Crippen molar-refractivity contribution in [2.75, 3.05) is 5.32 Å². The maximum atomic E-state index is 11.0. The van der Waals surface area contributed by atoms with Crippen molar-refractivity contribution in [3.8, 4) is 0 Å². The Morgan fingerprint density at radius 3 is 2.69 bits per heavy atom. The van der Waals surface area contributed by atoms with Crippen LogP contribution in [-0.2, 0) is 0 Å². The molecule has 0 spiro atoms. The molecular formula is C10H10N4OS. The number of primary amides is 1. The third kappa shape index (κ3) is 2.17. The minimum absolute atomic E-state index is 0.172. The van der Waals surface area contributed by atoms with Crippen molar-refractivity contribution < 1.29 is 4.79 Å². The van der Waals surface area contributed by atoms with Gasteiger partial charge in [0, 0.05) is 17.2 Å². The molecule has 3 N–H and O–H groups in total. The molecule has 0 fully saturated rings. The van der Waals surface area contributed by atoms with Gasteiger partial charge in [0.1, 0.15) is 5.00 Å². The second kappa shape index (κ2) is 4.28. The highest BCUT2D eigenvalue weighted by Crippen LogP contribution is 2.22. The van der Waals surface area contributed by atoms with Crippen LogP contribution < -0.4 is 11.1 Å². The lowest BCUT2D eigenvalue weighted by Crippen LogP contribution is -2.13. The van der Waals surface area contributed by atoms with Crippen LogP contribution in [0.3, 0.4) is 0 Å². The summed E-state index contributed by atoms with van der Waals surface area (Å²) in [6, 6.07) is 7.78.